The highest BCUT2D eigenvalue weighted by molar-refractivity contribution is 5.85. The Morgan fingerprint density at radius 1 is 1.05 bits per heavy atom. The monoisotopic (exact) mass is 323 g/mol. The van der Waals surface area contributed by atoms with E-state index >= 15 is 0 Å². The normalized spacial score (nSPS) is 11.2. The van der Waals surface area contributed by atoms with Gasteiger partial charge < -0.3 is 5.32 Å². The Morgan fingerprint density at radius 2 is 1.67 bits per heavy atom. The number of hydrogen-bond acceptors (Lipinski definition) is 2. The van der Waals surface area contributed by atoms with Crippen LogP contribution in [0.15, 0.2) is 36.7 Å². The van der Waals surface area contributed by atoms with E-state index < -0.39 is 12.7 Å². The predicted octanol–water partition coefficient (Wildman–Crippen LogP) is 3.30. The highest BCUT2D eigenvalue weighted by atomic mass is 35.5. The molecule has 8 heteroatoms. The molecular weight excluding hydrogens is 310 g/mol. The number of alkyl halides is 3. The van der Waals surface area contributed by atoms with Crippen LogP contribution in [0.4, 0.5) is 17.6 Å². The Hall–Kier alpha value is -1.60. The summed E-state index contributed by atoms with van der Waals surface area (Å²) in [5.74, 6) is -0.304. The molecule has 2 rings (SSSR count). The Labute approximate surface area is 125 Å². The summed E-state index contributed by atoms with van der Waals surface area (Å²) in [6, 6.07) is 6.02. The number of nitrogens with one attached hydrogen (secondary N) is 1. The molecule has 0 radical (unpaired) electrons. The van der Waals surface area contributed by atoms with Gasteiger partial charge in [-0.25, -0.2) is 4.39 Å². The van der Waals surface area contributed by atoms with E-state index in [0.29, 0.717) is 18.7 Å². The molecule has 1 aromatic carbocycles. The van der Waals surface area contributed by atoms with Gasteiger partial charge in [-0.3, -0.25) is 4.68 Å². The van der Waals surface area contributed by atoms with Gasteiger partial charge in [0.15, 0.2) is 0 Å². The molecule has 0 aliphatic heterocycles. The van der Waals surface area contributed by atoms with Gasteiger partial charge in [-0.05, 0) is 17.7 Å². The van der Waals surface area contributed by atoms with E-state index in [4.69, 9.17) is 0 Å². The minimum Gasteiger partial charge on any atom is -0.309 e. The zero-order chi connectivity index (χ0) is 14.6. The van der Waals surface area contributed by atoms with Crippen molar-refractivity contribution in [3.63, 3.8) is 0 Å². The second-order valence-corrected chi connectivity index (χ2v) is 4.39. The molecule has 0 saturated heterocycles. The first kappa shape index (κ1) is 17.5. The third-order valence-corrected chi connectivity index (χ3v) is 2.60. The standard InChI is InChI=1S/C13H13F4N3.ClH/c14-12-3-1-10(2-4-12)5-18-6-11-7-19-20(8-11)9-13(15,16)17;/h1-4,7-8,18H,5-6,9H2;1H. The third kappa shape index (κ3) is 6.14. The van der Waals surface area contributed by atoms with E-state index in [2.05, 4.69) is 10.4 Å². The molecule has 3 nitrogen and oxygen atoms in total. The first-order valence-electron chi connectivity index (χ1n) is 5.96. The lowest BCUT2D eigenvalue weighted by atomic mass is 10.2. The lowest BCUT2D eigenvalue weighted by molar-refractivity contribution is -0.142. The summed E-state index contributed by atoms with van der Waals surface area (Å²) in [5, 5.41) is 6.70. The number of nitrogens with zero attached hydrogens (tertiary/aromatic N) is 2. The van der Waals surface area contributed by atoms with Crippen molar-refractivity contribution in [2.24, 2.45) is 0 Å². The lowest BCUT2D eigenvalue weighted by Gasteiger charge is -2.05. The summed E-state index contributed by atoms with van der Waals surface area (Å²) in [7, 11) is 0. The zero-order valence-corrected chi connectivity index (χ0v) is 11.7. The van der Waals surface area contributed by atoms with Crippen LogP contribution in [0.3, 0.4) is 0 Å². The second kappa shape index (κ2) is 7.42. The van der Waals surface area contributed by atoms with Crippen molar-refractivity contribution < 1.29 is 17.6 Å². The molecule has 0 atom stereocenters. The highest BCUT2D eigenvalue weighted by Crippen LogP contribution is 2.17. The van der Waals surface area contributed by atoms with Gasteiger partial charge in [-0.2, -0.15) is 18.3 Å². The number of hydrogen-bond donors (Lipinski definition) is 1. The maximum absolute atomic E-state index is 12.7. The number of halogens is 5. The van der Waals surface area contributed by atoms with Gasteiger partial charge in [-0.1, -0.05) is 12.1 Å². The number of benzene rings is 1. The maximum atomic E-state index is 12.7. The van der Waals surface area contributed by atoms with Crippen molar-refractivity contribution in [3.05, 3.63) is 53.6 Å². The third-order valence-electron chi connectivity index (χ3n) is 2.60. The molecule has 1 N–H and O–H groups in total. The van der Waals surface area contributed by atoms with Crippen LogP contribution in [0.25, 0.3) is 0 Å². The molecule has 21 heavy (non-hydrogen) atoms. The van der Waals surface area contributed by atoms with E-state index in [1.807, 2.05) is 0 Å². The molecule has 0 saturated carbocycles. The van der Waals surface area contributed by atoms with Gasteiger partial charge in [0.2, 0.25) is 0 Å². The fraction of sp³-hybridized carbons (Fsp3) is 0.308. The van der Waals surface area contributed by atoms with Crippen LogP contribution in [0.5, 0.6) is 0 Å². The average molecular weight is 324 g/mol. The Balaban J connectivity index is 0.00000220. The van der Waals surface area contributed by atoms with Gasteiger partial charge in [-0.15, -0.1) is 12.4 Å². The van der Waals surface area contributed by atoms with E-state index in [0.717, 1.165) is 10.2 Å². The number of aromatic nitrogens is 2. The molecule has 0 spiro atoms. The highest BCUT2D eigenvalue weighted by Gasteiger charge is 2.28. The molecule has 0 amide bonds. The first-order chi connectivity index (χ1) is 9.42. The fourth-order valence-electron chi connectivity index (χ4n) is 1.72. The minimum atomic E-state index is -4.27. The van der Waals surface area contributed by atoms with Gasteiger partial charge in [0.05, 0.1) is 6.20 Å². The molecule has 0 fully saturated rings. The summed E-state index contributed by atoms with van der Waals surface area (Å²) in [5.41, 5.74) is 1.56. The van der Waals surface area contributed by atoms with Gasteiger partial charge in [0.1, 0.15) is 12.4 Å². The Morgan fingerprint density at radius 3 is 2.29 bits per heavy atom. The molecule has 1 heterocycles. The van der Waals surface area contributed by atoms with E-state index in [9.17, 15) is 17.6 Å². The zero-order valence-electron chi connectivity index (χ0n) is 10.9. The summed E-state index contributed by atoms with van der Waals surface area (Å²) in [6.07, 6.45) is -1.53. The van der Waals surface area contributed by atoms with Crippen LogP contribution in [0.1, 0.15) is 11.1 Å². The maximum Gasteiger partial charge on any atom is 0.408 e. The molecule has 0 aliphatic rings. The topological polar surface area (TPSA) is 29.9 Å². The molecule has 0 bridgehead atoms. The van der Waals surface area contributed by atoms with Crippen LogP contribution in [0, 0.1) is 5.82 Å². The number of rotatable bonds is 5. The molecule has 0 unspecified atom stereocenters. The van der Waals surface area contributed by atoms with E-state index in [1.165, 1.54) is 24.5 Å². The summed E-state index contributed by atoms with van der Waals surface area (Å²) >= 11 is 0. The molecular formula is C13H14ClF4N3. The summed E-state index contributed by atoms with van der Waals surface area (Å²) < 4.78 is 50.0. The first-order valence-corrected chi connectivity index (χ1v) is 5.96. The van der Waals surface area contributed by atoms with Crippen molar-refractivity contribution in [1.82, 2.24) is 15.1 Å². The van der Waals surface area contributed by atoms with Crippen molar-refractivity contribution in [2.75, 3.05) is 0 Å². The summed E-state index contributed by atoms with van der Waals surface area (Å²) in [6.45, 7) is -0.190. The smallest absolute Gasteiger partial charge is 0.309 e. The van der Waals surface area contributed by atoms with Gasteiger partial charge in [0, 0.05) is 24.8 Å². The van der Waals surface area contributed by atoms with Crippen LogP contribution < -0.4 is 5.32 Å². The summed E-state index contributed by atoms with van der Waals surface area (Å²) in [4.78, 5) is 0. The Bertz CT molecular complexity index is 551. The molecule has 0 aliphatic carbocycles. The molecule has 1 aromatic heterocycles. The van der Waals surface area contributed by atoms with Gasteiger partial charge in [0.25, 0.3) is 0 Å². The predicted molar refractivity (Wildman–Crippen MR) is 72.5 cm³/mol. The van der Waals surface area contributed by atoms with Crippen LogP contribution >= 0.6 is 12.4 Å². The van der Waals surface area contributed by atoms with Crippen LogP contribution in [0.2, 0.25) is 0 Å². The van der Waals surface area contributed by atoms with E-state index in [1.54, 1.807) is 12.1 Å². The minimum absolute atomic E-state index is 0. The van der Waals surface area contributed by atoms with Crippen molar-refractivity contribution in [2.45, 2.75) is 25.8 Å². The van der Waals surface area contributed by atoms with E-state index in [-0.39, 0.29) is 18.2 Å². The largest absolute Gasteiger partial charge is 0.408 e. The lowest BCUT2D eigenvalue weighted by Crippen LogP contribution is -2.18. The van der Waals surface area contributed by atoms with Crippen molar-refractivity contribution in [1.29, 1.82) is 0 Å². The quantitative estimate of drug-likeness (QED) is 0.856. The molecule has 116 valence electrons. The average Bonchev–Trinajstić information content (AvgIpc) is 2.77. The molecule has 2 aromatic rings. The Kier molecular flexibility index (Phi) is 6.17. The van der Waals surface area contributed by atoms with Crippen molar-refractivity contribution >= 4 is 12.4 Å². The van der Waals surface area contributed by atoms with Crippen LogP contribution in [-0.2, 0) is 19.6 Å². The SMILES string of the molecule is Cl.Fc1ccc(CNCc2cnn(CC(F)(F)F)c2)cc1. The van der Waals surface area contributed by atoms with Gasteiger partial charge >= 0.3 is 6.18 Å². The van der Waals surface area contributed by atoms with Crippen molar-refractivity contribution in [3.8, 4) is 0 Å². The van der Waals surface area contributed by atoms with Crippen LogP contribution in [-0.4, -0.2) is 16.0 Å². The fourth-order valence-corrected chi connectivity index (χ4v) is 1.72. The second-order valence-electron chi connectivity index (χ2n) is 4.39.